The van der Waals surface area contributed by atoms with E-state index in [0.717, 1.165) is 0 Å². The molecular weight excluding hydrogens is 222 g/mol. The van der Waals surface area contributed by atoms with Gasteiger partial charge in [-0.05, 0) is 12.1 Å². The number of imidazole rings is 1. The largest absolute Gasteiger partial charge is 0.475 e. The van der Waals surface area contributed by atoms with Crippen LogP contribution in [0.1, 0.15) is 24.0 Å². The van der Waals surface area contributed by atoms with Gasteiger partial charge in [0.15, 0.2) is 0 Å². The van der Waals surface area contributed by atoms with E-state index in [4.69, 9.17) is 5.11 Å². The fourth-order valence-corrected chi connectivity index (χ4v) is 1.47. The molecule has 0 saturated carbocycles. The van der Waals surface area contributed by atoms with Crippen LogP contribution in [0.25, 0.3) is 11.0 Å². The van der Waals surface area contributed by atoms with Crippen LogP contribution in [0.15, 0.2) is 18.2 Å². The average Bonchev–Trinajstić information content (AvgIpc) is 2.74. The lowest BCUT2D eigenvalue weighted by molar-refractivity contribution is -0.115. The topological polar surface area (TPSA) is 95.1 Å². The lowest BCUT2D eigenvalue weighted by Gasteiger charge is -2.03. The van der Waals surface area contributed by atoms with Gasteiger partial charge in [-0.25, -0.2) is 9.78 Å². The Bertz CT molecular complexity index is 589. The standard InChI is InChI=1S/C11H11N3O3/c1-2-8(15)12-6-4-3-5-7-9(6)14-10(13-7)11(16)17/h3-5H,2H2,1H3,(H,12,15)(H,13,14)(H,16,17). The number of fused-ring (bicyclic) bond motifs is 1. The Kier molecular flexibility index (Phi) is 2.78. The lowest BCUT2D eigenvalue weighted by atomic mass is 10.2. The number of benzene rings is 1. The highest BCUT2D eigenvalue weighted by Crippen LogP contribution is 2.21. The first-order valence-electron chi connectivity index (χ1n) is 5.13. The number of carboxylic acid groups (broad SMARTS) is 1. The number of aromatic amines is 1. The number of carboxylic acids is 1. The molecule has 17 heavy (non-hydrogen) atoms. The summed E-state index contributed by atoms with van der Waals surface area (Å²) in [5.74, 6) is -1.41. The molecule has 0 spiro atoms. The van der Waals surface area contributed by atoms with E-state index < -0.39 is 5.97 Å². The number of nitrogens with zero attached hydrogens (tertiary/aromatic N) is 1. The van der Waals surface area contributed by atoms with Crippen LogP contribution in [0.3, 0.4) is 0 Å². The number of amides is 1. The molecule has 1 aromatic heterocycles. The van der Waals surface area contributed by atoms with E-state index in [2.05, 4.69) is 15.3 Å². The van der Waals surface area contributed by atoms with Gasteiger partial charge in [0.1, 0.15) is 5.52 Å². The molecule has 1 amide bonds. The number of rotatable bonds is 3. The highest BCUT2D eigenvalue weighted by molar-refractivity contribution is 6.01. The van der Waals surface area contributed by atoms with E-state index in [9.17, 15) is 9.59 Å². The molecule has 0 radical (unpaired) electrons. The van der Waals surface area contributed by atoms with Crippen LogP contribution in [-0.2, 0) is 4.79 Å². The van der Waals surface area contributed by atoms with Crippen LogP contribution < -0.4 is 5.32 Å². The van der Waals surface area contributed by atoms with Gasteiger partial charge in [-0.2, -0.15) is 0 Å². The smallest absolute Gasteiger partial charge is 0.371 e. The summed E-state index contributed by atoms with van der Waals surface area (Å²) in [7, 11) is 0. The molecule has 0 aliphatic heterocycles. The molecule has 0 unspecified atom stereocenters. The van der Waals surface area contributed by atoms with Crippen LogP contribution >= 0.6 is 0 Å². The number of aromatic carboxylic acids is 1. The first kappa shape index (κ1) is 11.1. The van der Waals surface area contributed by atoms with E-state index in [1.54, 1.807) is 25.1 Å². The normalized spacial score (nSPS) is 10.4. The predicted octanol–water partition coefficient (Wildman–Crippen LogP) is 1.61. The predicted molar refractivity (Wildman–Crippen MR) is 62.0 cm³/mol. The van der Waals surface area contributed by atoms with Crippen LogP contribution in [0.2, 0.25) is 0 Å². The average molecular weight is 233 g/mol. The quantitative estimate of drug-likeness (QED) is 0.750. The lowest BCUT2D eigenvalue weighted by Crippen LogP contribution is -2.09. The molecule has 88 valence electrons. The van der Waals surface area contributed by atoms with Gasteiger partial charge in [-0.1, -0.05) is 13.0 Å². The molecule has 2 aromatic rings. The summed E-state index contributed by atoms with van der Waals surface area (Å²) in [5, 5.41) is 11.5. The van der Waals surface area contributed by atoms with Gasteiger partial charge in [0.05, 0.1) is 11.2 Å². The van der Waals surface area contributed by atoms with Gasteiger partial charge in [-0.15, -0.1) is 0 Å². The van der Waals surface area contributed by atoms with Crippen molar-refractivity contribution in [3.8, 4) is 0 Å². The molecule has 0 aliphatic rings. The minimum Gasteiger partial charge on any atom is -0.475 e. The zero-order valence-electron chi connectivity index (χ0n) is 9.15. The summed E-state index contributed by atoms with van der Waals surface area (Å²) >= 11 is 0. The molecule has 0 aliphatic carbocycles. The molecular formula is C11H11N3O3. The van der Waals surface area contributed by atoms with Crippen molar-refractivity contribution < 1.29 is 14.7 Å². The highest BCUT2D eigenvalue weighted by atomic mass is 16.4. The van der Waals surface area contributed by atoms with Gasteiger partial charge in [-0.3, -0.25) is 4.79 Å². The molecule has 0 saturated heterocycles. The molecule has 3 N–H and O–H groups in total. The van der Waals surface area contributed by atoms with E-state index >= 15 is 0 Å². The third kappa shape index (κ3) is 2.10. The maximum absolute atomic E-state index is 11.3. The van der Waals surface area contributed by atoms with Crippen molar-refractivity contribution >= 4 is 28.6 Å². The van der Waals surface area contributed by atoms with Crippen molar-refractivity contribution in [3.05, 3.63) is 24.0 Å². The maximum atomic E-state index is 11.3. The first-order valence-corrected chi connectivity index (χ1v) is 5.13. The molecule has 0 bridgehead atoms. The maximum Gasteiger partial charge on any atom is 0.371 e. The second-order valence-corrected chi connectivity index (χ2v) is 3.49. The number of nitrogens with one attached hydrogen (secondary N) is 2. The Morgan fingerprint density at radius 2 is 2.24 bits per heavy atom. The van der Waals surface area contributed by atoms with E-state index in [-0.39, 0.29) is 11.7 Å². The summed E-state index contributed by atoms with van der Waals surface area (Å²) in [6.07, 6.45) is 0.354. The Morgan fingerprint density at radius 1 is 1.47 bits per heavy atom. The van der Waals surface area contributed by atoms with Gasteiger partial charge < -0.3 is 15.4 Å². The van der Waals surface area contributed by atoms with Gasteiger partial charge >= 0.3 is 5.97 Å². The summed E-state index contributed by atoms with van der Waals surface area (Å²) < 4.78 is 0. The van der Waals surface area contributed by atoms with Crippen molar-refractivity contribution in [1.82, 2.24) is 9.97 Å². The Morgan fingerprint density at radius 3 is 2.88 bits per heavy atom. The monoisotopic (exact) mass is 233 g/mol. The van der Waals surface area contributed by atoms with E-state index in [1.807, 2.05) is 0 Å². The number of aromatic nitrogens is 2. The molecule has 6 nitrogen and oxygen atoms in total. The third-order valence-corrected chi connectivity index (χ3v) is 2.31. The number of para-hydroxylation sites is 1. The first-order chi connectivity index (χ1) is 8.11. The van der Waals surface area contributed by atoms with Crippen LogP contribution in [0.4, 0.5) is 5.69 Å². The number of hydrogen-bond acceptors (Lipinski definition) is 3. The fraction of sp³-hybridized carbons (Fsp3) is 0.182. The van der Waals surface area contributed by atoms with Gasteiger partial charge in [0, 0.05) is 6.42 Å². The number of anilines is 1. The van der Waals surface area contributed by atoms with Gasteiger partial charge in [0.2, 0.25) is 11.7 Å². The van der Waals surface area contributed by atoms with E-state index in [1.165, 1.54) is 0 Å². The summed E-state index contributed by atoms with van der Waals surface area (Å²) in [6, 6.07) is 5.11. The second-order valence-electron chi connectivity index (χ2n) is 3.49. The zero-order chi connectivity index (χ0) is 12.4. The summed E-state index contributed by atoms with van der Waals surface area (Å²) in [6.45, 7) is 1.74. The summed E-state index contributed by atoms with van der Waals surface area (Å²) in [5.41, 5.74) is 1.54. The van der Waals surface area contributed by atoms with Crippen molar-refractivity contribution in [2.45, 2.75) is 13.3 Å². The van der Waals surface area contributed by atoms with Crippen LogP contribution in [0.5, 0.6) is 0 Å². The SMILES string of the molecule is CCC(=O)Nc1cccc2[nH]c(C(=O)O)nc12. The Balaban J connectivity index is 2.49. The van der Waals surface area contributed by atoms with Crippen molar-refractivity contribution in [2.75, 3.05) is 5.32 Å². The highest BCUT2D eigenvalue weighted by Gasteiger charge is 2.12. The number of H-pyrrole nitrogens is 1. The Labute approximate surface area is 96.7 Å². The molecule has 1 aromatic carbocycles. The van der Waals surface area contributed by atoms with Crippen molar-refractivity contribution in [2.24, 2.45) is 0 Å². The number of carbonyl (C=O) groups is 2. The molecule has 2 rings (SSSR count). The third-order valence-electron chi connectivity index (χ3n) is 2.31. The summed E-state index contributed by atoms with van der Waals surface area (Å²) in [4.78, 5) is 28.7. The fourth-order valence-electron chi connectivity index (χ4n) is 1.47. The Hall–Kier alpha value is -2.37. The number of hydrogen-bond donors (Lipinski definition) is 3. The van der Waals surface area contributed by atoms with Gasteiger partial charge in [0.25, 0.3) is 0 Å². The van der Waals surface area contributed by atoms with E-state index in [0.29, 0.717) is 23.1 Å². The van der Waals surface area contributed by atoms with Crippen molar-refractivity contribution in [1.29, 1.82) is 0 Å². The molecule has 1 heterocycles. The molecule has 0 atom stereocenters. The minimum absolute atomic E-state index is 0.141. The van der Waals surface area contributed by atoms with Crippen LogP contribution in [-0.4, -0.2) is 27.0 Å². The van der Waals surface area contributed by atoms with Crippen molar-refractivity contribution in [3.63, 3.8) is 0 Å². The minimum atomic E-state index is -1.13. The second kappa shape index (κ2) is 4.25. The molecule has 0 fully saturated rings. The number of carbonyl (C=O) groups excluding carboxylic acids is 1. The molecule has 6 heteroatoms. The zero-order valence-corrected chi connectivity index (χ0v) is 9.15. The van der Waals surface area contributed by atoms with Crippen LogP contribution in [0, 0.1) is 0 Å².